The van der Waals surface area contributed by atoms with Gasteiger partial charge in [-0.3, -0.25) is 0 Å². The Bertz CT molecular complexity index is 276. The maximum atomic E-state index is 5.86. The highest BCUT2D eigenvalue weighted by molar-refractivity contribution is 14.1. The van der Waals surface area contributed by atoms with E-state index in [2.05, 4.69) is 32.9 Å². The Morgan fingerprint density at radius 3 is 2.71 bits per heavy atom. The van der Waals surface area contributed by atoms with Crippen LogP contribution in [0.4, 0.5) is 5.82 Å². The van der Waals surface area contributed by atoms with Crippen LogP contribution in [-0.2, 0) is 0 Å². The average molecular weight is 305 g/mol. The molecule has 0 saturated heterocycles. The second kappa shape index (κ2) is 4.93. The first-order chi connectivity index (χ1) is 6.47. The average Bonchev–Trinajstić information content (AvgIpc) is 2.06. The topological polar surface area (TPSA) is 50.9 Å². The zero-order chi connectivity index (χ0) is 10.6. The molecule has 0 bridgehead atoms. The summed E-state index contributed by atoms with van der Waals surface area (Å²) in [4.78, 5) is 4.24. The van der Waals surface area contributed by atoms with Crippen LogP contribution in [0.1, 0.15) is 20.3 Å². The molecular weight excluding hydrogens is 289 g/mol. The summed E-state index contributed by atoms with van der Waals surface area (Å²) < 4.78 is 1.15. The fourth-order valence-electron chi connectivity index (χ4n) is 0.993. The number of pyridine rings is 1. The minimum absolute atomic E-state index is 0.115. The molecule has 0 amide bonds. The molecule has 0 saturated carbocycles. The molecule has 78 valence electrons. The number of aromatic nitrogens is 1. The SMILES string of the molecule is CC(C)(N)CCNc1ccc(I)cn1. The van der Waals surface area contributed by atoms with Gasteiger partial charge in [0.25, 0.3) is 0 Å². The lowest BCUT2D eigenvalue weighted by molar-refractivity contribution is 0.490. The lowest BCUT2D eigenvalue weighted by Gasteiger charge is -2.18. The molecule has 0 aliphatic rings. The number of anilines is 1. The van der Waals surface area contributed by atoms with Crippen LogP contribution in [0.25, 0.3) is 0 Å². The van der Waals surface area contributed by atoms with Crippen molar-refractivity contribution < 1.29 is 0 Å². The molecule has 14 heavy (non-hydrogen) atoms. The van der Waals surface area contributed by atoms with Gasteiger partial charge >= 0.3 is 0 Å². The van der Waals surface area contributed by atoms with Gasteiger partial charge in [0.15, 0.2) is 0 Å². The molecule has 0 atom stereocenters. The molecule has 0 fully saturated rings. The lowest BCUT2D eigenvalue weighted by Crippen LogP contribution is -2.34. The minimum Gasteiger partial charge on any atom is -0.370 e. The Balaban J connectivity index is 2.35. The monoisotopic (exact) mass is 305 g/mol. The predicted octanol–water partition coefficient (Wildman–Crippen LogP) is 2.23. The summed E-state index contributed by atoms with van der Waals surface area (Å²) >= 11 is 2.24. The van der Waals surface area contributed by atoms with E-state index in [9.17, 15) is 0 Å². The highest BCUT2D eigenvalue weighted by Gasteiger charge is 2.09. The third-order valence-electron chi connectivity index (χ3n) is 1.80. The van der Waals surface area contributed by atoms with Gasteiger partial charge in [-0.05, 0) is 55.0 Å². The van der Waals surface area contributed by atoms with Crippen LogP contribution >= 0.6 is 22.6 Å². The molecule has 0 aliphatic carbocycles. The van der Waals surface area contributed by atoms with Crippen LogP contribution in [0.5, 0.6) is 0 Å². The Hall–Kier alpha value is -0.360. The quantitative estimate of drug-likeness (QED) is 0.839. The van der Waals surface area contributed by atoms with E-state index >= 15 is 0 Å². The fourth-order valence-corrected chi connectivity index (χ4v) is 1.31. The molecule has 1 heterocycles. The number of nitrogens with two attached hydrogens (primary N) is 1. The molecule has 3 nitrogen and oxygen atoms in total. The van der Waals surface area contributed by atoms with Gasteiger partial charge in [-0.1, -0.05) is 0 Å². The first kappa shape index (κ1) is 11.7. The van der Waals surface area contributed by atoms with E-state index in [4.69, 9.17) is 5.73 Å². The number of nitrogens with zero attached hydrogens (tertiary/aromatic N) is 1. The minimum atomic E-state index is -0.115. The van der Waals surface area contributed by atoms with Gasteiger partial charge < -0.3 is 11.1 Å². The van der Waals surface area contributed by atoms with Crippen molar-refractivity contribution in [2.45, 2.75) is 25.8 Å². The number of rotatable bonds is 4. The largest absolute Gasteiger partial charge is 0.370 e. The second-order valence-corrected chi connectivity index (χ2v) is 5.27. The van der Waals surface area contributed by atoms with E-state index in [1.807, 2.05) is 32.2 Å². The second-order valence-electron chi connectivity index (χ2n) is 4.03. The fraction of sp³-hybridized carbons (Fsp3) is 0.500. The molecule has 1 aromatic heterocycles. The summed E-state index contributed by atoms with van der Waals surface area (Å²) in [5.74, 6) is 0.912. The van der Waals surface area contributed by atoms with E-state index in [-0.39, 0.29) is 5.54 Å². The van der Waals surface area contributed by atoms with Crippen molar-refractivity contribution in [1.29, 1.82) is 0 Å². The maximum absolute atomic E-state index is 5.86. The van der Waals surface area contributed by atoms with E-state index in [1.54, 1.807) is 0 Å². The van der Waals surface area contributed by atoms with Crippen molar-refractivity contribution >= 4 is 28.4 Å². The van der Waals surface area contributed by atoms with Crippen LogP contribution in [-0.4, -0.2) is 17.1 Å². The lowest BCUT2D eigenvalue weighted by atomic mass is 10.0. The van der Waals surface area contributed by atoms with E-state index < -0.39 is 0 Å². The third kappa shape index (κ3) is 4.76. The molecular formula is C10H16IN3. The summed E-state index contributed by atoms with van der Waals surface area (Å²) in [6.45, 7) is 4.91. The molecule has 0 spiro atoms. The highest BCUT2D eigenvalue weighted by atomic mass is 127. The molecule has 0 unspecified atom stereocenters. The Morgan fingerprint density at radius 1 is 1.50 bits per heavy atom. The van der Waals surface area contributed by atoms with E-state index in [1.165, 1.54) is 0 Å². The van der Waals surface area contributed by atoms with Crippen LogP contribution in [0.2, 0.25) is 0 Å². The van der Waals surface area contributed by atoms with Gasteiger partial charge in [0.1, 0.15) is 5.82 Å². The highest BCUT2D eigenvalue weighted by Crippen LogP contribution is 2.08. The van der Waals surface area contributed by atoms with Crippen molar-refractivity contribution in [2.24, 2.45) is 5.73 Å². The number of hydrogen-bond donors (Lipinski definition) is 2. The molecule has 0 aromatic carbocycles. The number of halogens is 1. The summed E-state index contributed by atoms with van der Waals surface area (Å²) in [6, 6.07) is 4.01. The molecule has 3 N–H and O–H groups in total. The van der Waals surface area contributed by atoms with Crippen molar-refractivity contribution in [1.82, 2.24) is 4.98 Å². The van der Waals surface area contributed by atoms with Crippen LogP contribution in [0, 0.1) is 3.57 Å². The van der Waals surface area contributed by atoms with E-state index in [0.717, 1.165) is 22.4 Å². The van der Waals surface area contributed by atoms with Crippen LogP contribution in [0.3, 0.4) is 0 Å². The molecule has 1 aromatic rings. The molecule has 1 rings (SSSR count). The molecule has 0 aliphatic heterocycles. The van der Waals surface area contributed by atoms with Gasteiger partial charge in [-0.25, -0.2) is 4.98 Å². The number of nitrogens with one attached hydrogen (secondary N) is 1. The summed E-state index contributed by atoms with van der Waals surface area (Å²) in [6.07, 6.45) is 2.77. The summed E-state index contributed by atoms with van der Waals surface area (Å²) in [5, 5.41) is 3.23. The first-order valence-electron chi connectivity index (χ1n) is 4.62. The zero-order valence-corrected chi connectivity index (χ0v) is 10.7. The summed E-state index contributed by atoms with van der Waals surface area (Å²) in [7, 11) is 0. The molecule has 0 radical (unpaired) electrons. The van der Waals surface area contributed by atoms with E-state index in [0.29, 0.717) is 0 Å². The smallest absolute Gasteiger partial charge is 0.125 e. The maximum Gasteiger partial charge on any atom is 0.125 e. The Morgan fingerprint density at radius 2 is 2.21 bits per heavy atom. The Kier molecular flexibility index (Phi) is 4.12. The number of hydrogen-bond acceptors (Lipinski definition) is 3. The normalized spacial score (nSPS) is 11.4. The van der Waals surface area contributed by atoms with Gasteiger partial charge in [-0.2, -0.15) is 0 Å². The zero-order valence-electron chi connectivity index (χ0n) is 8.55. The first-order valence-corrected chi connectivity index (χ1v) is 5.69. The van der Waals surface area contributed by atoms with Crippen molar-refractivity contribution in [3.8, 4) is 0 Å². The van der Waals surface area contributed by atoms with Crippen molar-refractivity contribution in [3.05, 3.63) is 21.9 Å². The van der Waals surface area contributed by atoms with Gasteiger partial charge in [-0.15, -0.1) is 0 Å². The van der Waals surface area contributed by atoms with Gasteiger partial charge in [0, 0.05) is 21.9 Å². The van der Waals surface area contributed by atoms with Crippen molar-refractivity contribution in [2.75, 3.05) is 11.9 Å². The van der Waals surface area contributed by atoms with Crippen LogP contribution in [0.15, 0.2) is 18.3 Å². The van der Waals surface area contributed by atoms with Gasteiger partial charge in [0.05, 0.1) is 0 Å². The van der Waals surface area contributed by atoms with Crippen molar-refractivity contribution in [3.63, 3.8) is 0 Å². The molecule has 4 heteroatoms. The van der Waals surface area contributed by atoms with Gasteiger partial charge in [0.2, 0.25) is 0 Å². The predicted molar refractivity (Wildman–Crippen MR) is 68.3 cm³/mol. The third-order valence-corrected chi connectivity index (χ3v) is 2.44. The standard InChI is InChI=1S/C10H16IN3/c1-10(2,12)5-6-13-9-4-3-8(11)7-14-9/h3-4,7H,5-6,12H2,1-2H3,(H,13,14). The Labute approximate surface area is 98.6 Å². The summed E-state index contributed by atoms with van der Waals surface area (Å²) in [5.41, 5.74) is 5.75. The van der Waals surface area contributed by atoms with Crippen LogP contribution < -0.4 is 11.1 Å².